The third kappa shape index (κ3) is 2.77. The predicted octanol–water partition coefficient (Wildman–Crippen LogP) is 2.72. The molecule has 12 heavy (non-hydrogen) atoms. The van der Waals surface area contributed by atoms with E-state index in [1.54, 1.807) is 11.9 Å². The number of hydrogen-bond donors (Lipinski definition) is 0. The lowest BCUT2D eigenvalue weighted by Gasteiger charge is -2.08. The molecule has 0 N–H and O–H groups in total. The van der Waals surface area contributed by atoms with Gasteiger partial charge in [-0.3, -0.25) is 9.29 Å². The van der Waals surface area contributed by atoms with Gasteiger partial charge in [0, 0.05) is 15.6 Å². The molecule has 1 rings (SSSR count). The van der Waals surface area contributed by atoms with Crippen molar-refractivity contribution < 1.29 is 0 Å². The van der Waals surface area contributed by atoms with E-state index in [-0.39, 0.29) is 0 Å². The van der Waals surface area contributed by atoms with Gasteiger partial charge in [-0.2, -0.15) is 0 Å². The lowest BCUT2D eigenvalue weighted by atomic mass is 10.4. The lowest BCUT2D eigenvalue weighted by Crippen LogP contribution is -1.99. The second-order valence-corrected chi connectivity index (χ2v) is 4.88. The second-order valence-electron chi connectivity index (χ2n) is 2.64. The number of nitrogens with zero attached hydrogens (tertiary/aromatic N) is 2. The van der Waals surface area contributed by atoms with E-state index in [0.29, 0.717) is 0 Å². The van der Waals surface area contributed by atoms with Crippen LogP contribution in [0.1, 0.15) is 5.69 Å². The summed E-state index contributed by atoms with van der Waals surface area (Å²) in [6, 6.07) is 2.08. The van der Waals surface area contributed by atoms with E-state index >= 15 is 0 Å². The lowest BCUT2D eigenvalue weighted by molar-refractivity contribution is 0.702. The summed E-state index contributed by atoms with van der Waals surface area (Å²) in [5.74, 6) is 0. The molecule has 0 amide bonds. The summed E-state index contributed by atoms with van der Waals surface area (Å²) in [7, 11) is 4.02. The van der Waals surface area contributed by atoms with E-state index < -0.39 is 0 Å². The highest BCUT2D eigenvalue weighted by Crippen LogP contribution is 2.23. The Labute approximate surface area is 85.6 Å². The Morgan fingerprint density at radius 3 is 2.67 bits per heavy atom. The fraction of sp³-hybridized carbons (Fsp3) is 0.375. The monoisotopic (exact) mass is 246 g/mol. The Balaban J connectivity index is 2.82. The van der Waals surface area contributed by atoms with E-state index in [9.17, 15) is 0 Å². The van der Waals surface area contributed by atoms with E-state index in [0.717, 1.165) is 15.1 Å². The minimum Gasteiger partial charge on any atom is -0.259 e. The summed E-state index contributed by atoms with van der Waals surface area (Å²) >= 11 is 5.10. The smallest absolute Gasteiger partial charge is 0.0515 e. The van der Waals surface area contributed by atoms with Crippen LogP contribution in [-0.4, -0.2) is 23.4 Å². The number of aromatic nitrogens is 1. The van der Waals surface area contributed by atoms with Crippen molar-refractivity contribution in [3.05, 3.63) is 22.4 Å². The van der Waals surface area contributed by atoms with Crippen molar-refractivity contribution in [2.75, 3.05) is 14.1 Å². The molecule has 0 saturated carbocycles. The highest BCUT2D eigenvalue weighted by molar-refractivity contribution is 9.10. The molecule has 0 bridgehead atoms. The summed E-state index contributed by atoms with van der Waals surface area (Å²) in [5, 5.41) is 0. The van der Waals surface area contributed by atoms with E-state index in [1.807, 2.05) is 31.5 Å². The first kappa shape index (κ1) is 10.0. The number of pyridine rings is 1. The number of hydrogen-bond acceptors (Lipinski definition) is 3. The second kappa shape index (κ2) is 4.25. The fourth-order valence-electron chi connectivity index (χ4n) is 0.749. The zero-order valence-corrected chi connectivity index (χ0v) is 9.74. The van der Waals surface area contributed by atoms with Gasteiger partial charge >= 0.3 is 0 Å². The molecule has 0 aromatic carbocycles. The molecule has 0 aliphatic heterocycles. The van der Waals surface area contributed by atoms with Gasteiger partial charge in [-0.05, 0) is 55.0 Å². The van der Waals surface area contributed by atoms with E-state index in [1.165, 1.54) is 0 Å². The first-order chi connectivity index (χ1) is 5.59. The molecule has 4 heteroatoms. The van der Waals surface area contributed by atoms with Crippen LogP contribution in [0.5, 0.6) is 0 Å². The number of rotatable bonds is 2. The summed E-state index contributed by atoms with van der Waals surface area (Å²) in [6.07, 6.45) is 1.88. The molecular formula is C8H11BrN2S. The van der Waals surface area contributed by atoms with Gasteiger partial charge in [-0.25, -0.2) is 0 Å². The zero-order valence-electron chi connectivity index (χ0n) is 7.34. The van der Waals surface area contributed by atoms with Crippen molar-refractivity contribution in [2.24, 2.45) is 0 Å². The average Bonchev–Trinajstić information content (AvgIpc) is 1.96. The van der Waals surface area contributed by atoms with Gasteiger partial charge in [0.25, 0.3) is 0 Å². The Hall–Kier alpha value is -0.0600. The summed E-state index contributed by atoms with van der Waals surface area (Å²) in [4.78, 5) is 5.39. The summed E-state index contributed by atoms with van der Waals surface area (Å²) < 4.78 is 3.10. The maximum atomic E-state index is 4.24. The van der Waals surface area contributed by atoms with Crippen molar-refractivity contribution >= 4 is 27.9 Å². The molecule has 1 heterocycles. The highest BCUT2D eigenvalue weighted by Gasteiger charge is 2.00. The van der Waals surface area contributed by atoms with Gasteiger partial charge in [-0.15, -0.1) is 0 Å². The molecule has 2 nitrogen and oxygen atoms in total. The van der Waals surface area contributed by atoms with Crippen LogP contribution in [0.25, 0.3) is 0 Å². The molecule has 1 aromatic heterocycles. The minimum atomic E-state index is 1.03. The van der Waals surface area contributed by atoms with Gasteiger partial charge in [0.15, 0.2) is 0 Å². The SMILES string of the molecule is Cc1ncc(SN(C)C)cc1Br. The van der Waals surface area contributed by atoms with Crippen LogP contribution in [0.4, 0.5) is 0 Å². The van der Waals surface area contributed by atoms with Crippen LogP contribution < -0.4 is 0 Å². The molecule has 0 atom stereocenters. The maximum absolute atomic E-state index is 4.24. The molecular weight excluding hydrogens is 236 g/mol. The molecule has 1 aromatic rings. The first-order valence-electron chi connectivity index (χ1n) is 3.57. The molecule has 0 unspecified atom stereocenters. The first-order valence-corrected chi connectivity index (χ1v) is 5.13. The highest BCUT2D eigenvalue weighted by atomic mass is 79.9. The zero-order chi connectivity index (χ0) is 9.14. The topological polar surface area (TPSA) is 16.1 Å². The molecule has 0 saturated heterocycles. The van der Waals surface area contributed by atoms with Crippen molar-refractivity contribution in [3.63, 3.8) is 0 Å². The van der Waals surface area contributed by atoms with E-state index in [2.05, 4.69) is 27.0 Å². The largest absolute Gasteiger partial charge is 0.259 e. The molecule has 0 aliphatic carbocycles. The van der Waals surface area contributed by atoms with Crippen molar-refractivity contribution in [1.82, 2.24) is 9.29 Å². The van der Waals surface area contributed by atoms with E-state index in [4.69, 9.17) is 0 Å². The number of aryl methyl sites for hydroxylation is 1. The van der Waals surface area contributed by atoms with Crippen LogP contribution in [0.15, 0.2) is 21.6 Å². The van der Waals surface area contributed by atoms with Crippen LogP contribution in [0.3, 0.4) is 0 Å². The third-order valence-electron chi connectivity index (χ3n) is 1.29. The van der Waals surface area contributed by atoms with Crippen LogP contribution in [-0.2, 0) is 0 Å². The molecule has 0 fully saturated rings. The molecule has 0 spiro atoms. The van der Waals surface area contributed by atoms with Crippen molar-refractivity contribution in [3.8, 4) is 0 Å². The number of halogens is 1. The standard InChI is InChI=1S/C8H11BrN2S/c1-6-8(9)4-7(5-10-6)12-11(2)3/h4-5H,1-3H3. The van der Waals surface area contributed by atoms with Crippen LogP contribution in [0, 0.1) is 6.92 Å². The predicted molar refractivity (Wildman–Crippen MR) is 56.2 cm³/mol. The fourth-order valence-corrected chi connectivity index (χ4v) is 1.94. The Kier molecular flexibility index (Phi) is 3.55. The van der Waals surface area contributed by atoms with Gasteiger partial charge < -0.3 is 0 Å². The normalized spacial score (nSPS) is 10.8. The Morgan fingerprint density at radius 1 is 1.50 bits per heavy atom. The van der Waals surface area contributed by atoms with Gasteiger partial charge in [0.1, 0.15) is 0 Å². The van der Waals surface area contributed by atoms with Crippen LogP contribution in [0.2, 0.25) is 0 Å². The van der Waals surface area contributed by atoms with Gasteiger partial charge in [0.05, 0.1) is 5.69 Å². The summed E-state index contributed by atoms with van der Waals surface area (Å²) in [6.45, 7) is 1.98. The minimum absolute atomic E-state index is 1.03. The van der Waals surface area contributed by atoms with Gasteiger partial charge in [-0.1, -0.05) is 0 Å². The Morgan fingerprint density at radius 2 is 2.17 bits per heavy atom. The quantitative estimate of drug-likeness (QED) is 0.747. The third-order valence-corrected chi connectivity index (χ3v) is 2.89. The average molecular weight is 247 g/mol. The maximum Gasteiger partial charge on any atom is 0.0515 e. The molecule has 66 valence electrons. The van der Waals surface area contributed by atoms with Gasteiger partial charge in [0.2, 0.25) is 0 Å². The Bertz CT molecular complexity index is 276. The van der Waals surface area contributed by atoms with Crippen molar-refractivity contribution in [1.29, 1.82) is 0 Å². The van der Waals surface area contributed by atoms with Crippen molar-refractivity contribution in [2.45, 2.75) is 11.8 Å². The molecule has 0 radical (unpaired) electrons. The molecule has 0 aliphatic rings. The van der Waals surface area contributed by atoms with Crippen LogP contribution >= 0.6 is 27.9 Å². The summed E-state index contributed by atoms with van der Waals surface area (Å²) in [5.41, 5.74) is 1.03.